The highest BCUT2D eigenvalue weighted by atomic mass is 32.3. The van der Waals surface area contributed by atoms with Crippen LogP contribution in [0.25, 0.3) is 0 Å². The van der Waals surface area contributed by atoms with E-state index in [0.717, 1.165) is 5.82 Å². The Labute approximate surface area is 85.5 Å². The zero-order valence-corrected chi connectivity index (χ0v) is 8.31. The first kappa shape index (κ1) is 13.5. The molecule has 0 spiro atoms. The monoisotopic (exact) mass is 238 g/mol. The van der Waals surface area contributed by atoms with E-state index in [9.17, 15) is 4.79 Å². The summed E-state index contributed by atoms with van der Waals surface area (Å²) in [6, 6.07) is 0. The fourth-order valence-corrected chi connectivity index (χ4v) is 0.660. The molecule has 0 saturated heterocycles. The summed E-state index contributed by atoms with van der Waals surface area (Å²) >= 11 is 0. The minimum absolute atomic E-state index is 0.132. The molecule has 9 heteroatoms. The summed E-state index contributed by atoms with van der Waals surface area (Å²) in [6.07, 6.45) is 3.89. The second-order valence-electron chi connectivity index (χ2n) is 2.38. The van der Waals surface area contributed by atoms with E-state index in [2.05, 4.69) is 9.97 Å². The van der Waals surface area contributed by atoms with Gasteiger partial charge in [0.2, 0.25) is 0 Å². The third kappa shape index (κ3) is 12.5. The molecule has 4 N–H and O–H groups in total. The van der Waals surface area contributed by atoms with Crippen molar-refractivity contribution < 1.29 is 27.4 Å². The Balaban J connectivity index is 0.000000336. The standard InChI is InChI=1S/C6H8N2O2.H2O4S/c9-6(10)2-1-5-7-3-4-8-5;1-5(2,3)4/h3-4H,1-2H2,(H,7,8)(H,9,10);(H2,1,2,3,4). The van der Waals surface area contributed by atoms with E-state index >= 15 is 0 Å². The van der Waals surface area contributed by atoms with Gasteiger partial charge in [0.25, 0.3) is 0 Å². The van der Waals surface area contributed by atoms with Crippen LogP contribution in [0.3, 0.4) is 0 Å². The molecule has 1 aromatic rings. The number of rotatable bonds is 3. The molecule has 15 heavy (non-hydrogen) atoms. The fraction of sp³-hybridized carbons (Fsp3) is 0.333. The molecule has 1 rings (SSSR count). The van der Waals surface area contributed by atoms with Crippen LogP contribution in [0.4, 0.5) is 0 Å². The molecule has 0 unspecified atom stereocenters. The van der Waals surface area contributed by atoms with Crippen molar-refractivity contribution in [2.24, 2.45) is 0 Å². The Morgan fingerprint density at radius 1 is 1.47 bits per heavy atom. The predicted octanol–water partition coefficient (Wildman–Crippen LogP) is -0.226. The number of aliphatic carboxylic acids is 1. The van der Waals surface area contributed by atoms with Gasteiger partial charge in [-0.3, -0.25) is 13.9 Å². The smallest absolute Gasteiger partial charge is 0.394 e. The maximum Gasteiger partial charge on any atom is 0.394 e. The summed E-state index contributed by atoms with van der Waals surface area (Å²) < 4.78 is 31.6. The second-order valence-corrected chi connectivity index (χ2v) is 3.27. The minimum atomic E-state index is -4.67. The van der Waals surface area contributed by atoms with Crippen molar-refractivity contribution in [2.45, 2.75) is 12.8 Å². The lowest BCUT2D eigenvalue weighted by Crippen LogP contribution is -1.98. The number of carboxylic acids is 1. The number of nitrogens with one attached hydrogen (secondary N) is 1. The van der Waals surface area contributed by atoms with Crippen molar-refractivity contribution in [1.82, 2.24) is 9.97 Å². The van der Waals surface area contributed by atoms with Crippen molar-refractivity contribution in [2.75, 3.05) is 0 Å². The molecule has 0 aliphatic heterocycles. The number of aryl methyl sites for hydroxylation is 1. The van der Waals surface area contributed by atoms with Gasteiger partial charge in [-0.2, -0.15) is 8.42 Å². The number of carbonyl (C=O) groups is 1. The Morgan fingerprint density at radius 3 is 2.33 bits per heavy atom. The topological polar surface area (TPSA) is 141 Å². The van der Waals surface area contributed by atoms with Gasteiger partial charge in [-0.1, -0.05) is 0 Å². The number of H-pyrrole nitrogens is 1. The summed E-state index contributed by atoms with van der Waals surface area (Å²) in [5.74, 6) is -0.0706. The predicted molar refractivity (Wildman–Crippen MR) is 48.7 cm³/mol. The number of nitrogens with zero attached hydrogens (tertiary/aromatic N) is 1. The van der Waals surface area contributed by atoms with E-state index in [1.165, 1.54) is 0 Å². The molecular formula is C6H10N2O6S. The van der Waals surface area contributed by atoms with Gasteiger partial charge in [0, 0.05) is 18.8 Å². The number of hydrogen-bond donors (Lipinski definition) is 4. The highest BCUT2D eigenvalue weighted by molar-refractivity contribution is 7.79. The van der Waals surface area contributed by atoms with E-state index in [4.69, 9.17) is 22.6 Å². The molecule has 0 atom stereocenters. The number of aromatic amines is 1. The number of aromatic nitrogens is 2. The van der Waals surface area contributed by atoms with Crippen molar-refractivity contribution in [1.29, 1.82) is 0 Å². The summed E-state index contributed by atoms with van der Waals surface area (Å²) in [4.78, 5) is 16.7. The van der Waals surface area contributed by atoms with Gasteiger partial charge in [0.05, 0.1) is 6.42 Å². The fourth-order valence-electron chi connectivity index (χ4n) is 0.660. The van der Waals surface area contributed by atoms with Crippen LogP contribution in [-0.4, -0.2) is 38.6 Å². The van der Waals surface area contributed by atoms with Gasteiger partial charge in [-0.15, -0.1) is 0 Å². The normalized spacial score (nSPS) is 10.3. The van der Waals surface area contributed by atoms with Gasteiger partial charge < -0.3 is 10.1 Å². The van der Waals surface area contributed by atoms with Gasteiger partial charge in [-0.25, -0.2) is 4.98 Å². The summed E-state index contributed by atoms with van der Waals surface area (Å²) in [7, 11) is -4.67. The third-order valence-electron chi connectivity index (χ3n) is 1.13. The molecule has 0 fully saturated rings. The van der Waals surface area contributed by atoms with E-state index < -0.39 is 16.4 Å². The Hall–Kier alpha value is -1.45. The Bertz CT molecular complexity index is 376. The van der Waals surface area contributed by atoms with Crippen LogP contribution in [0, 0.1) is 0 Å². The first-order valence-electron chi connectivity index (χ1n) is 3.69. The SMILES string of the molecule is O=C(O)CCc1ncc[nH]1.O=S(=O)(O)O. The second kappa shape index (κ2) is 6.11. The number of imidazole rings is 1. The van der Waals surface area contributed by atoms with Crippen LogP contribution in [-0.2, 0) is 21.6 Å². The van der Waals surface area contributed by atoms with Gasteiger partial charge in [0.15, 0.2) is 0 Å². The van der Waals surface area contributed by atoms with Crippen molar-refractivity contribution in [3.8, 4) is 0 Å². The number of carboxylic acid groups (broad SMARTS) is 1. The Morgan fingerprint density at radius 2 is 2.00 bits per heavy atom. The summed E-state index contributed by atoms with van der Waals surface area (Å²) in [5.41, 5.74) is 0. The minimum Gasteiger partial charge on any atom is -0.481 e. The first-order chi connectivity index (χ1) is 6.79. The average molecular weight is 238 g/mol. The molecule has 0 aliphatic carbocycles. The molecule has 0 bridgehead atoms. The third-order valence-corrected chi connectivity index (χ3v) is 1.13. The maximum atomic E-state index is 10.1. The zero-order chi connectivity index (χ0) is 11.9. The molecule has 0 aliphatic rings. The molecule has 0 amide bonds. The van der Waals surface area contributed by atoms with Crippen LogP contribution in [0.5, 0.6) is 0 Å². The van der Waals surface area contributed by atoms with Crippen molar-refractivity contribution in [3.05, 3.63) is 18.2 Å². The van der Waals surface area contributed by atoms with Crippen LogP contribution < -0.4 is 0 Å². The maximum absolute atomic E-state index is 10.1. The van der Waals surface area contributed by atoms with E-state index in [1.807, 2.05) is 0 Å². The zero-order valence-electron chi connectivity index (χ0n) is 7.49. The molecule has 0 radical (unpaired) electrons. The van der Waals surface area contributed by atoms with E-state index in [1.54, 1.807) is 12.4 Å². The first-order valence-corrected chi connectivity index (χ1v) is 5.08. The van der Waals surface area contributed by atoms with Crippen LogP contribution in [0.15, 0.2) is 12.4 Å². The molecule has 0 aromatic carbocycles. The van der Waals surface area contributed by atoms with E-state index in [-0.39, 0.29) is 6.42 Å². The Kier molecular flexibility index (Phi) is 5.52. The summed E-state index contributed by atoms with van der Waals surface area (Å²) in [5, 5.41) is 8.27. The van der Waals surface area contributed by atoms with Gasteiger partial charge >= 0.3 is 16.4 Å². The lowest BCUT2D eigenvalue weighted by Gasteiger charge is -1.89. The van der Waals surface area contributed by atoms with Crippen molar-refractivity contribution in [3.63, 3.8) is 0 Å². The largest absolute Gasteiger partial charge is 0.481 e. The van der Waals surface area contributed by atoms with Crippen molar-refractivity contribution >= 4 is 16.4 Å². The van der Waals surface area contributed by atoms with Crippen LogP contribution >= 0.6 is 0 Å². The highest BCUT2D eigenvalue weighted by Gasteiger charge is 1.98. The van der Waals surface area contributed by atoms with E-state index in [0.29, 0.717) is 6.42 Å². The molecule has 1 heterocycles. The van der Waals surface area contributed by atoms with Gasteiger partial charge in [-0.05, 0) is 0 Å². The number of hydrogen-bond acceptors (Lipinski definition) is 4. The molecule has 8 nitrogen and oxygen atoms in total. The molecule has 86 valence electrons. The van der Waals surface area contributed by atoms with Crippen LogP contribution in [0.1, 0.15) is 12.2 Å². The van der Waals surface area contributed by atoms with Gasteiger partial charge in [0.1, 0.15) is 5.82 Å². The average Bonchev–Trinajstić information content (AvgIpc) is 2.48. The van der Waals surface area contributed by atoms with Crippen LogP contribution in [0.2, 0.25) is 0 Å². The molecule has 1 aromatic heterocycles. The quantitative estimate of drug-likeness (QED) is 0.533. The molecular weight excluding hydrogens is 228 g/mol. The lowest BCUT2D eigenvalue weighted by molar-refractivity contribution is -0.137. The summed E-state index contributed by atoms with van der Waals surface area (Å²) in [6.45, 7) is 0. The lowest BCUT2D eigenvalue weighted by atomic mass is 10.3. The molecule has 0 saturated carbocycles. The highest BCUT2D eigenvalue weighted by Crippen LogP contribution is 1.93.